The van der Waals surface area contributed by atoms with Crippen LogP contribution in [0.1, 0.15) is 31.1 Å². The maximum absolute atomic E-state index is 13.8. The van der Waals surface area contributed by atoms with E-state index in [0.29, 0.717) is 11.3 Å². The zero-order valence-corrected chi connectivity index (χ0v) is 11.1. The van der Waals surface area contributed by atoms with Crippen LogP contribution in [0.15, 0.2) is 42.5 Å². The first-order valence-electron chi connectivity index (χ1n) is 6.35. The molecule has 0 radical (unpaired) electrons. The Morgan fingerprint density at radius 3 is 2.42 bits per heavy atom. The Balaban J connectivity index is 2.31. The minimum Gasteiger partial charge on any atom is -0.454 e. The van der Waals surface area contributed by atoms with Gasteiger partial charge in [0, 0.05) is 5.56 Å². The summed E-state index contributed by atoms with van der Waals surface area (Å²) in [4.78, 5) is 0. The van der Waals surface area contributed by atoms with Gasteiger partial charge in [-0.25, -0.2) is 4.39 Å². The molecule has 19 heavy (non-hydrogen) atoms. The highest BCUT2D eigenvalue weighted by atomic mass is 19.1. The molecular weight excluding hydrogens is 243 g/mol. The largest absolute Gasteiger partial charge is 0.454 e. The highest BCUT2D eigenvalue weighted by molar-refractivity contribution is 5.40. The number of ether oxygens (including phenoxy) is 1. The van der Waals surface area contributed by atoms with Gasteiger partial charge in [-0.15, -0.1) is 0 Å². The lowest BCUT2D eigenvalue weighted by Gasteiger charge is -2.14. The van der Waals surface area contributed by atoms with Crippen LogP contribution in [0.2, 0.25) is 0 Å². The van der Waals surface area contributed by atoms with Gasteiger partial charge in [0.2, 0.25) is 0 Å². The Morgan fingerprint density at radius 2 is 1.84 bits per heavy atom. The van der Waals surface area contributed by atoms with E-state index in [-0.39, 0.29) is 5.75 Å². The lowest BCUT2D eigenvalue weighted by atomic mass is 10.1. The fraction of sp³-hybridized carbons (Fsp3) is 0.250. The summed E-state index contributed by atoms with van der Waals surface area (Å²) in [7, 11) is 0. The number of hydrogen-bond acceptors (Lipinski definition) is 2. The molecule has 0 aromatic heterocycles. The van der Waals surface area contributed by atoms with Crippen molar-refractivity contribution in [1.82, 2.24) is 0 Å². The molecule has 0 fully saturated rings. The molecule has 0 aliphatic rings. The van der Waals surface area contributed by atoms with Gasteiger partial charge < -0.3 is 9.84 Å². The third-order valence-corrected chi connectivity index (χ3v) is 3.00. The summed E-state index contributed by atoms with van der Waals surface area (Å²) in [6.45, 7) is 3.65. The number of benzene rings is 2. The molecule has 2 nitrogen and oxygen atoms in total. The highest BCUT2D eigenvalue weighted by Gasteiger charge is 2.14. The van der Waals surface area contributed by atoms with Crippen molar-refractivity contribution >= 4 is 0 Å². The first kappa shape index (κ1) is 13.6. The lowest BCUT2D eigenvalue weighted by molar-refractivity contribution is 0.194. The van der Waals surface area contributed by atoms with E-state index in [0.717, 1.165) is 6.42 Å². The van der Waals surface area contributed by atoms with Crippen LogP contribution in [0.3, 0.4) is 0 Å². The second kappa shape index (κ2) is 5.85. The Morgan fingerprint density at radius 1 is 1.16 bits per heavy atom. The summed E-state index contributed by atoms with van der Waals surface area (Å²) in [5.74, 6) is 0.170. The Kier molecular flexibility index (Phi) is 4.17. The summed E-state index contributed by atoms with van der Waals surface area (Å²) in [6.07, 6.45) is 0.166. The van der Waals surface area contributed by atoms with E-state index in [9.17, 15) is 9.50 Å². The molecule has 2 aromatic rings. The van der Waals surface area contributed by atoms with Gasteiger partial charge in [0.15, 0.2) is 11.6 Å². The average molecular weight is 260 g/mol. The SMILES string of the molecule is CCc1ccc(Oc2c(F)cccc2[C@@H](C)O)cc1. The predicted octanol–water partition coefficient (Wildman–Crippen LogP) is 4.23. The number of para-hydroxylation sites is 1. The summed E-state index contributed by atoms with van der Waals surface area (Å²) < 4.78 is 19.4. The van der Waals surface area contributed by atoms with Crippen molar-refractivity contribution < 1.29 is 14.2 Å². The Hall–Kier alpha value is -1.87. The fourth-order valence-corrected chi connectivity index (χ4v) is 1.87. The van der Waals surface area contributed by atoms with Gasteiger partial charge in [-0.05, 0) is 37.1 Å². The van der Waals surface area contributed by atoms with E-state index in [2.05, 4.69) is 6.92 Å². The van der Waals surface area contributed by atoms with Crippen LogP contribution in [0.4, 0.5) is 4.39 Å². The molecule has 0 unspecified atom stereocenters. The van der Waals surface area contributed by atoms with E-state index in [4.69, 9.17) is 4.74 Å². The minimum absolute atomic E-state index is 0.0850. The quantitative estimate of drug-likeness (QED) is 0.891. The lowest BCUT2D eigenvalue weighted by Crippen LogP contribution is -1.98. The van der Waals surface area contributed by atoms with Crippen LogP contribution in [-0.4, -0.2) is 5.11 Å². The summed E-state index contributed by atoms with van der Waals surface area (Å²) in [5.41, 5.74) is 1.64. The van der Waals surface area contributed by atoms with Crippen molar-refractivity contribution in [3.05, 3.63) is 59.4 Å². The zero-order valence-electron chi connectivity index (χ0n) is 11.1. The number of halogens is 1. The van der Waals surface area contributed by atoms with Gasteiger partial charge in [0.25, 0.3) is 0 Å². The summed E-state index contributed by atoms with van der Waals surface area (Å²) in [6, 6.07) is 12.0. The molecule has 1 N–H and O–H groups in total. The predicted molar refractivity (Wildman–Crippen MR) is 72.9 cm³/mol. The van der Waals surface area contributed by atoms with Crippen LogP contribution in [-0.2, 0) is 6.42 Å². The molecule has 2 aromatic carbocycles. The van der Waals surface area contributed by atoms with Gasteiger partial charge >= 0.3 is 0 Å². The number of aryl methyl sites for hydroxylation is 1. The molecule has 0 aliphatic carbocycles. The maximum atomic E-state index is 13.8. The van der Waals surface area contributed by atoms with Crippen molar-refractivity contribution in [3.8, 4) is 11.5 Å². The minimum atomic E-state index is -0.777. The van der Waals surface area contributed by atoms with E-state index < -0.39 is 11.9 Å². The van der Waals surface area contributed by atoms with Gasteiger partial charge in [-0.2, -0.15) is 0 Å². The van der Waals surface area contributed by atoms with Crippen molar-refractivity contribution in [2.75, 3.05) is 0 Å². The standard InChI is InChI=1S/C16H17FO2/c1-3-12-7-9-13(10-8-12)19-16-14(11(2)18)5-4-6-15(16)17/h4-11,18H,3H2,1-2H3/t11-/m1/s1. The molecule has 0 spiro atoms. The fourth-order valence-electron chi connectivity index (χ4n) is 1.87. The second-order valence-electron chi connectivity index (χ2n) is 4.43. The molecule has 100 valence electrons. The molecule has 0 heterocycles. The van der Waals surface area contributed by atoms with E-state index in [1.165, 1.54) is 11.6 Å². The normalized spacial score (nSPS) is 12.2. The summed E-state index contributed by atoms with van der Waals surface area (Å²) >= 11 is 0. The van der Waals surface area contributed by atoms with Gasteiger partial charge in [-0.3, -0.25) is 0 Å². The van der Waals surface area contributed by atoms with E-state index in [1.54, 1.807) is 31.2 Å². The van der Waals surface area contributed by atoms with Crippen LogP contribution < -0.4 is 4.74 Å². The number of aliphatic hydroxyl groups excluding tert-OH is 1. The zero-order chi connectivity index (χ0) is 13.8. The van der Waals surface area contributed by atoms with Crippen LogP contribution in [0.25, 0.3) is 0 Å². The maximum Gasteiger partial charge on any atom is 0.168 e. The molecule has 0 aliphatic heterocycles. The third kappa shape index (κ3) is 3.12. The number of aliphatic hydroxyl groups is 1. The highest BCUT2D eigenvalue weighted by Crippen LogP contribution is 2.32. The monoisotopic (exact) mass is 260 g/mol. The van der Waals surface area contributed by atoms with Crippen molar-refractivity contribution in [1.29, 1.82) is 0 Å². The molecule has 0 amide bonds. The van der Waals surface area contributed by atoms with Crippen molar-refractivity contribution in [3.63, 3.8) is 0 Å². The summed E-state index contributed by atoms with van der Waals surface area (Å²) in [5, 5.41) is 9.64. The third-order valence-electron chi connectivity index (χ3n) is 3.00. The van der Waals surface area contributed by atoms with E-state index >= 15 is 0 Å². The Labute approximate surface area is 112 Å². The van der Waals surface area contributed by atoms with Gasteiger partial charge in [0.05, 0.1) is 6.10 Å². The van der Waals surface area contributed by atoms with Gasteiger partial charge in [0.1, 0.15) is 5.75 Å². The molecule has 0 saturated heterocycles. The van der Waals surface area contributed by atoms with E-state index in [1.807, 2.05) is 12.1 Å². The molecule has 0 bridgehead atoms. The molecular formula is C16H17FO2. The first-order valence-corrected chi connectivity index (χ1v) is 6.35. The van der Waals surface area contributed by atoms with Crippen LogP contribution >= 0.6 is 0 Å². The smallest absolute Gasteiger partial charge is 0.168 e. The molecule has 2 rings (SSSR count). The first-order chi connectivity index (χ1) is 9.11. The molecule has 3 heteroatoms. The number of hydrogen-bond donors (Lipinski definition) is 1. The molecule has 1 atom stereocenters. The number of rotatable bonds is 4. The van der Waals surface area contributed by atoms with Gasteiger partial charge in [-0.1, -0.05) is 31.2 Å². The van der Waals surface area contributed by atoms with Crippen LogP contribution in [0.5, 0.6) is 11.5 Å². The van der Waals surface area contributed by atoms with Crippen LogP contribution in [0, 0.1) is 5.82 Å². The van der Waals surface area contributed by atoms with Crippen molar-refractivity contribution in [2.24, 2.45) is 0 Å². The average Bonchev–Trinajstić information content (AvgIpc) is 2.41. The molecule has 0 saturated carbocycles. The van der Waals surface area contributed by atoms with Crippen molar-refractivity contribution in [2.45, 2.75) is 26.4 Å². The second-order valence-corrected chi connectivity index (χ2v) is 4.43. The Bertz CT molecular complexity index is 547. The topological polar surface area (TPSA) is 29.5 Å².